The van der Waals surface area contributed by atoms with E-state index < -0.39 is 9.70 Å². The van der Waals surface area contributed by atoms with Crippen molar-refractivity contribution in [2.45, 2.75) is 3.79 Å². The summed E-state index contributed by atoms with van der Waals surface area (Å²) >= 11 is 20.0. The highest BCUT2D eigenvalue weighted by Crippen LogP contribution is 2.30. The van der Waals surface area contributed by atoms with Crippen LogP contribution in [0.25, 0.3) is 22.6 Å². The maximum absolute atomic E-state index is 11.7. The van der Waals surface area contributed by atoms with Gasteiger partial charge in [0.15, 0.2) is 5.58 Å². The van der Waals surface area contributed by atoms with Crippen LogP contribution in [0.4, 0.5) is 5.69 Å². The highest BCUT2D eigenvalue weighted by atomic mass is 79.9. The average molecular weight is 435 g/mol. The number of aromatic nitrogens is 1. The molecule has 4 nitrogen and oxygen atoms in total. The van der Waals surface area contributed by atoms with Gasteiger partial charge in [0, 0.05) is 15.7 Å². The van der Waals surface area contributed by atoms with E-state index in [1.54, 1.807) is 18.2 Å². The van der Waals surface area contributed by atoms with E-state index in [4.69, 9.17) is 39.2 Å². The summed E-state index contributed by atoms with van der Waals surface area (Å²) in [6, 6.07) is 12.6. The molecule has 1 N–H and O–H groups in total. The molecule has 0 aliphatic heterocycles. The minimum atomic E-state index is -2.03. The lowest BCUT2D eigenvalue weighted by Crippen LogP contribution is -2.26. The quantitative estimate of drug-likeness (QED) is 0.537. The van der Waals surface area contributed by atoms with Crippen molar-refractivity contribution >= 4 is 73.4 Å². The second kappa shape index (κ2) is 6.32. The zero-order chi connectivity index (χ0) is 16.6. The molecule has 0 saturated heterocycles. The number of rotatable bonds is 2. The Balaban J connectivity index is 1.94. The lowest BCUT2D eigenvalue weighted by Gasteiger charge is -2.10. The maximum Gasteiger partial charge on any atom is 0.276 e. The largest absolute Gasteiger partial charge is 0.436 e. The van der Waals surface area contributed by atoms with Crippen LogP contribution in [-0.2, 0) is 4.79 Å². The van der Waals surface area contributed by atoms with E-state index in [1.165, 1.54) is 0 Å². The summed E-state index contributed by atoms with van der Waals surface area (Å²) in [4.78, 5) is 16.1. The molecule has 0 saturated carbocycles. The number of alkyl halides is 3. The molecule has 23 heavy (non-hydrogen) atoms. The highest BCUT2D eigenvalue weighted by Gasteiger charge is 2.30. The Morgan fingerprint density at radius 1 is 1.17 bits per heavy atom. The van der Waals surface area contributed by atoms with Crippen molar-refractivity contribution in [1.82, 2.24) is 4.98 Å². The zero-order valence-electron chi connectivity index (χ0n) is 11.3. The number of fused-ring (bicyclic) bond motifs is 1. The molecule has 8 heteroatoms. The number of oxazole rings is 1. The number of benzene rings is 2. The molecule has 0 bridgehead atoms. The lowest BCUT2D eigenvalue weighted by molar-refractivity contribution is -0.115. The molecule has 3 rings (SSSR count). The van der Waals surface area contributed by atoms with Crippen LogP contribution in [0, 0.1) is 0 Å². The van der Waals surface area contributed by atoms with Crippen molar-refractivity contribution in [2.24, 2.45) is 0 Å². The van der Waals surface area contributed by atoms with Gasteiger partial charge in [0.05, 0.1) is 0 Å². The third-order valence-corrected chi connectivity index (χ3v) is 3.98. The molecule has 0 unspecified atom stereocenters. The number of carbonyl (C=O) groups excluding carboxylic acids is 1. The van der Waals surface area contributed by atoms with Gasteiger partial charge in [-0.3, -0.25) is 4.79 Å². The molecule has 2 aromatic carbocycles. The van der Waals surface area contributed by atoms with Gasteiger partial charge in [-0.15, -0.1) is 0 Å². The fourth-order valence-corrected chi connectivity index (χ4v) is 2.49. The minimum absolute atomic E-state index is 0.461. The second-order valence-electron chi connectivity index (χ2n) is 4.66. The summed E-state index contributed by atoms with van der Waals surface area (Å²) in [5.74, 6) is -0.260. The van der Waals surface area contributed by atoms with Gasteiger partial charge in [0.25, 0.3) is 9.70 Å². The van der Waals surface area contributed by atoms with Crippen LogP contribution >= 0.6 is 50.7 Å². The average Bonchev–Trinajstić information content (AvgIpc) is 2.89. The van der Waals surface area contributed by atoms with Crippen LogP contribution in [0.15, 0.2) is 51.4 Å². The van der Waals surface area contributed by atoms with Gasteiger partial charge < -0.3 is 9.73 Å². The maximum atomic E-state index is 11.7. The van der Waals surface area contributed by atoms with Crippen LogP contribution in [0.2, 0.25) is 0 Å². The molecular formula is C15H8BrCl3N2O2. The van der Waals surface area contributed by atoms with E-state index >= 15 is 0 Å². The number of anilines is 1. The van der Waals surface area contributed by atoms with Gasteiger partial charge in [0.2, 0.25) is 5.89 Å². The van der Waals surface area contributed by atoms with Crippen molar-refractivity contribution < 1.29 is 9.21 Å². The standard InChI is InChI=1S/C15H8BrCl3N2O2/c16-9-3-1-2-8(6-9)13-21-11-7-10(4-5-12(11)23-13)20-14(22)15(17,18)19/h1-7H,(H,20,22). The number of halogens is 4. The molecule has 1 amide bonds. The molecule has 0 aliphatic carbocycles. The van der Waals surface area contributed by atoms with Gasteiger partial charge >= 0.3 is 0 Å². The van der Waals surface area contributed by atoms with E-state index in [9.17, 15) is 4.79 Å². The van der Waals surface area contributed by atoms with E-state index in [-0.39, 0.29) is 0 Å². The lowest BCUT2D eigenvalue weighted by atomic mass is 10.2. The Hall–Kier alpha value is -1.27. The van der Waals surface area contributed by atoms with E-state index in [1.807, 2.05) is 24.3 Å². The molecule has 0 spiro atoms. The minimum Gasteiger partial charge on any atom is -0.436 e. The first-order valence-electron chi connectivity index (χ1n) is 6.37. The fraction of sp³-hybridized carbons (Fsp3) is 0.0667. The van der Waals surface area contributed by atoms with Crippen molar-refractivity contribution in [3.8, 4) is 11.5 Å². The third kappa shape index (κ3) is 3.80. The van der Waals surface area contributed by atoms with Crippen LogP contribution in [0.1, 0.15) is 0 Å². The molecule has 1 aromatic heterocycles. The SMILES string of the molecule is O=C(Nc1ccc2oc(-c3cccc(Br)c3)nc2c1)C(Cl)(Cl)Cl. The molecule has 0 atom stereocenters. The van der Waals surface area contributed by atoms with Crippen LogP contribution in [0.3, 0.4) is 0 Å². The topological polar surface area (TPSA) is 55.1 Å². The van der Waals surface area contributed by atoms with Crippen molar-refractivity contribution in [3.63, 3.8) is 0 Å². The predicted molar refractivity (Wildman–Crippen MR) is 96.1 cm³/mol. The fourth-order valence-electron chi connectivity index (χ4n) is 1.95. The smallest absolute Gasteiger partial charge is 0.276 e. The normalized spacial score (nSPS) is 11.7. The Morgan fingerprint density at radius 2 is 1.96 bits per heavy atom. The van der Waals surface area contributed by atoms with E-state index in [0.717, 1.165) is 10.0 Å². The van der Waals surface area contributed by atoms with Crippen LogP contribution in [0.5, 0.6) is 0 Å². The molecule has 0 aliphatic rings. The van der Waals surface area contributed by atoms with Gasteiger partial charge in [-0.25, -0.2) is 4.98 Å². The Bertz CT molecular complexity index is 890. The molecule has 118 valence electrons. The summed E-state index contributed by atoms with van der Waals surface area (Å²) in [7, 11) is 0. The van der Waals surface area contributed by atoms with Crippen molar-refractivity contribution in [2.75, 3.05) is 5.32 Å². The first-order valence-corrected chi connectivity index (χ1v) is 8.30. The number of nitrogens with one attached hydrogen (secondary N) is 1. The zero-order valence-corrected chi connectivity index (χ0v) is 15.2. The van der Waals surface area contributed by atoms with Crippen LogP contribution in [-0.4, -0.2) is 14.7 Å². The number of hydrogen-bond acceptors (Lipinski definition) is 3. The Morgan fingerprint density at radius 3 is 2.65 bits per heavy atom. The molecular weight excluding hydrogens is 426 g/mol. The summed E-state index contributed by atoms with van der Waals surface area (Å²) in [6.07, 6.45) is 0. The van der Waals surface area contributed by atoms with Gasteiger partial charge in [0.1, 0.15) is 5.52 Å². The van der Waals surface area contributed by atoms with Gasteiger partial charge in [-0.1, -0.05) is 56.8 Å². The summed E-state index contributed by atoms with van der Waals surface area (Å²) in [5, 5.41) is 2.51. The van der Waals surface area contributed by atoms with Crippen molar-refractivity contribution in [1.29, 1.82) is 0 Å². The van der Waals surface area contributed by atoms with Crippen LogP contribution < -0.4 is 5.32 Å². The highest BCUT2D eigenvalue weighted by molar-refractivity contribution is 9.10. The molecule has 0 radical (unpaired) electrons. The Kier molecular flexibility index (Phi) is 4.56. The number of nitrogens with zero attached hydrogens (tertiary/aromatic N) is 1. The summed E-state index contributed by atoms with van der Waals surface area (Å²) in [6.45, 7) is 0. The first kappa shape index (κ1) is 16.6. The van der Waals surface area contributed by atoms with Gasteiger partial charge in [-0.2, -0.15) is 0 Å². The second-order valence-corrected chi connectivity index (χ2v) is 7.86. The third-order valence-electron chi connectivity index (χ3n) is 2.97. The van der Waals surface area contributed by atoms with E-state index in [2.05, 4.69) is 26.2 Å². The summed E-state index contributed by atoms with van der Waals surface area (Å²) < 4.78 is 4.61. The first-order chi connectivity index (χ1) is 10.8. The summed E-state index contributed by atoms with van der Waals surface area (Å²) in [5.41, 5.74) is 2.47. The molecule has 3 aromatic rings. The molecule has 1 heterocycles. The van der Waals surface area contributed by atoms with Gasteiger partial charge in [-0.05, 0) is 36.4 Å². The number of hydrogen-bond donors (Lipinski definition) is 1. The monoisotopic (exact) mass is 432 g/mol. The molecule has 0 fully saturated rings. The van der Waals surface area contributed by atoms with E-state index in [0.29, 0.717) is 22.7 Å². The van der Waals surface area contributed by atoms with Crippen molar-refractivity contribution in [3.05, 3.63) is 46.9 Å². The number of amides is 1. The Labute approximate surface area is 154 Å². The predicted octanol–water partition coefficient (Wildman–Crippen LogP) is 5.57. The number of carbonyl (C=O) groups is 1.